The summed E-state index contributed by atoms with van der Waals surface area (Å²) in [7, 11) is 2.05. The first-order chi connectivity index (χ1) is 11.7. The first-order valence-corrected chi connectivity index (χ1v) is 8.46. The predicted octanol–water partition coefficient (Wildman–Crippen LogP) is 4.10. The summed E-state index contributed by atoms with van der Waals surface area (Å²) in [6.45, 7) is 2.00. The van der Waals surface area contributed by atoms with Crippen LogP contribution in [0.15, 0.2) is 48.5 Å². The second kappa shape index (κ2) is 7.30. The summed E-state index contributed by atoms with van der Waals surface area (Å²) >= 11 is 0. The third kappa shape index (κ3) is 3.65. The van der Waals surface area contributed by atoms with Crippen LogP contribution >= 0.6 is 0 Å². The summed E-state index contributed by atoms with van der Waals surface area (Å²) in [5.74, 6) is 1.11. The first-order valence-electron chi connectivity index (χ1n) is 8.46. The maximum absolute atomic E-state index is 11.7. The topological polar surface area (TPSA) is 46.9 Å². The van der Waals surface area contributed by atoms with Gasteiger partial charge in [0.25, 0.3) is 0 Å². The Morgan fingerprint density at radius 2 is 1.92 bits per heavy atom. The minimum atomic E-state index is 0.0529. The van der Waals surface area contributed by atoms with E-state index in [1.807, 2.05) is 38.2 Å². The molecule has 1 heterocycles. The highest BCUT2D eigenvalue weighted by atomic mass is 16.1. The molecular formula is C20H23N3O. The highest BCUT2D eigenvalue weighted by Gasteiger charge is 2.09. The minimum Gasteiger partial charge on any atom is -0.331 e. The fourth-order valence-corrected chi connectivity index (χ4v) is 2.90. The van der Waals surface area contributed by atoms with E-state index in [9.17, 15) is 4.79 Å². The predicted molar refractivity (Wildman–Crippen MR) is 98.1 cm³/mol. The SMILES string of the molecule is CCCC(=O)Nc1ccc2c(c1)nc(CCc1ccccc1)n2C. The molecule has 0 radical (unpaired) electrons. The number of aryl methyl sites for hydroxylation is 3. The van der Waals surface area contributed by atoms with Gasteiger partial charge >= 0.3 is 0 Å². The van der Waals surface area contributed by atoms with Gasteiger partial charge in [-0.05, 0) is 36.6 Å². The van der Waals surface area contributed by atoms with Crippen molar-refractivity contribution >= 4 is 22.6 Å². The fraction of sp³-hybridized carbons (Fsp3) is 0.300. The van der Waals surface area contributed by atoms with Crippen molar-refractivity contribution in [1.82, 2.24) is 9.55 Å². The van der Waals surface area contributed by atoms with E-state index in [4.69, 9.17) is 4.98 Å². The van der Waals surface area contributed by atoms with E-state index < -0.39 is 0 Å². The molecule has 0 spiro atoms. The lowest BCUT2D eigenvalue weighted by Crippen LogP contribution is -2.10. The van der Waals surface area contributed by atoms with E-state index in [-0.39, 0.29) is 5.91 Å². The number of nitrogens with zero attached hydrogens (tertiary/aromatic N) is 2. The lowest BCUT2D eigenvalue weighted by Gasteiger charge is -2.04. The maximum atomic E-state index is 11.7. The molecule has 0 unspecified atom stereocenters. The highest BCUT2D eigenvalue weighted by Crippen LogP contribution is 2.21. The Bertz CT molecular complexity index is 837. The second-order valence-corrected chi connectivity index (χ2v) is 6.07. The van der Waals surface area contributed by atoms with Gasteiger partial charge in [-0.1, -0.05) is 37.3 Å². The summed E-state index contributed by atoms with van der Waals surface area (Å²) in [5.41, 5.74) is 4.15. The van der Waals surface area contributed by atoms with Crippen LogP contribution < -0.4 is 5.32 Å². The van der Waals surface area contributed by atoms with Crippen LogP contribution in [0.1, 0.15) is 31.2 Å². The van der Waals surface area contributed by atoms with Gasteiger partial charge in [0.1, 0.15) is 5.82 Å². The standard InChI is InChI=1S/C20H23N3O/c1-3-7-20(24)21-16-11-12-18-17(14-16)22-19(23(18)2)13-10-15-8-5-4-6-9-15/h4-6,8-9,11-12,14H,3,7,10,13H2,1-2H3,(H,21,24). The van der Waals surface area contributed by atoms with Crippen molar-refractivity contribution in [2.75, 3.05) is 5.32 Å². The van der Waals surface area contributed by atoms with Gasteiger partial charge in [0, 0.05) is 25.6 Å². The summed E-state index contributed by atoms with van der Waals surface area (Å²) in [5, 5.41) is 2.93. The molecule has 0 aliphatic heterocycles. The van der Waals surface area contributed by atoms with E-state index in [0.29, 0.717) is 6.42 Å². The van der Waals surface area contributed by atoms with Crippen LogP contribution in [0.4, 0.5) is 5.69 Å². The number of hydrogen-bond donors (Lipinski definition) is 1. The number of amides is 1. The van der Waals surface area contributed by atoms with Crippen molar-refractivity contribution in [1.29, 1.82) is 0 Å². The van der Waals surface area contributed by atoms with E-state index in [0.717, 1.165) is 41.8 Å². The number of rotatable bonds is 6. The molecule has 4 nitrogen and oxygen atoms in total. The van der Waals surface area contributed by atoms with E-state index in [1.54, 1.807) is 0 Å². The van der Waals surface area contributed by atoms with Crippen molar-refractivity contribution in [3.63, 3.8) is 0 Å². The zero-order valence-corrected chi connectivity index (χ0v) is 14.2. The van der Waals surface area contributed by atoms with Gasteiger partial charge in [0.2, 0.25) is 5.91 Å². The van der Waals surface area contributed by atoms with Crippen molar-refractivity contribution in [3.8, 4) is 0 Å². The molecule has 1 N–H and O–H groups in total. The van der Waals surface area contributed by atoms with E-state index in [1.165, 1.54) is 5.56 Å². The Kier molecular flexibility index (Phi) is 4.94. The number of hydrogen-bond acceptors (Lipinski definition) is 2. The molecule has 24 heavy (non-hydrogen) atoms. The van der Waals surface area contributed by atoms with Crippen LogP contribution in [0, 0.1) is 0 Å². The molecule has 0 aliphatic rings. The van der Waals surface area contributed by atoms with Crippen LogP contribution in [0.2, 0.25) is 0 Å². The number of carbonyl (C=O) groups excluding carboxylic acids is 1. The van der Waals surface area contributed by atoms with E-state index >= 15 is 0 Å². The Hall–Kier alpha value is -2.62. The monoisotopic (exact) mass is 321 g/mol. The van der Waals surface area contributed by atoms with Crippen molar-refractivity contribution in [3.05, 3.63) is 59.9 Å². The van der Waals surface area contributed by atoms with Gasteiger partial charge < -0.3 is 9.88 Å². The third-order valence-corrected chi connectivity index (χ3v) is 4.21. The average molecular weight is 321 g/mol. The number of nitrogens with one attached hydrogen (secondary N) is 1. The number of carbonyl (C=O) groups is 1. The molecule has 0 bridgehead atoms. The molecule has 0 aliphatic carbocycles. The molecule has 2 aromatic carbocycles. The Morgan fingerprint density at radius 1 is 1.12 bits per heavy atom. The summed E-state index contributed by atoms with van der Waals surface area (Å²) < 4.78 is 2.13. The molecule has 0 fully saturated rings. The molecule has 1 amide bonds. The zero-order chi connectivity index (χ0) is 16.9. The molecule has 4 heteroatoms. The normalized spacial score (nSPS) is 10.9. The van der Waals surface area contributed by atoms with Crippen LogP contribution in [0.5, 0.6) is 0 Å². The highest BCUT2D eigenvalue weighted by molar-refractivity contribution is 5.93. The Balaban J connectivity index is 1.77. The second-order valence-electron chi connectivity index (χ2n) is 6.07. The molecule has 0 saturated carbocycles. The van der Waals surface area contributed by atoms with E-state index in [2.05, 4.69) is 34.1 Å². The van der Waals surface area contributed by atoms with Gasteiger partial charge in [-0.3, -0.25) is 4.79 Å². The maximum Gasteiger partial charge on any atom is 0.224 e. The van der Waals surface area contributed by atoms with Crippen LogP contribution in [0.3, 0.4) is 0 Å². The number of aromatic nitrogens is 2. The van der Waals surface area contributed by atoms with Crippen molar-refractivity contribution in [2.24, 2.45) is 7.05 Å². The average Bonchev–Trinajstić information content (AvgIpc) is 2.90. The number of imidazole rings is 1. The molecule has 1 aromatic heterocycles. The summed E-state index contributed by atoms with van der Waals surface area (Å²) in [6.07, 6.45) is 3.26. The Morgan fingerprint density at radius 3 is 2.67 bits per heavy atom. The van der Waals surface area contributed by atoms with Gasteiger partial charge in [0.05, 0.1) is 11.0 Å². The number of anilines is 1. The van der Waals surface area contributed by atoms with Crippen LogP contribution in [-0.4, -0.2) is 15.5 Å². The van der Waals surface area contributed by atoms with Gasteiger partial charge in [-0.2, -0.15) is 0 Å². The molecule has 0 atom stereocenters. The number of benzene rings is 2. The van der Waals surface area contributed by atoms with Crippen LogP contribution in [-0.2, 0) is 24.7 Å². The largest absolute Gasteiger partial charge is 0.331 e. The van der Waals surface area contributed by atoms with Crippen LogP contribution in [0.25, 0.3) is 11.0 Å². The fourth-order valence-electron chi connectivity index (χ4n) is 2.90. The zero-order valence-electron chi connectivity index (χ0n) is 14.2. The lowest BCUT2D eigenvalue weighted by atomic mass is 10.1. The minimum absolute atomic E-state index is 0.0529. The summed E-state index contributed by atoms with van der Waals surface area (Å²) in [6, 6.07) is 16.4. The smallest absolute Gasteiger partial charge is 0.224 e. The molecule has 3 rings (SSSR count). The molecule has 124 valence electrons. The van der Waals surface area contributed by atoms with Crippen molar-refractivity contribution < 1.29 is 4.79 Å². The lowest BCUT2D eigenvalue weighted by molar-refractivity contribution is -0.116. The first kappa shape index (κ1) is 16.2. The molecule has 3 aromatic rings. The van der Waals surface area contributed by atoms with Gasteiger partial charge in [0.15, 0.2) is 0 Å². The molecule has 0 saturated heterocycles. The molecular weight excluding hydrogens is 298 g/mol. The Labute approximate surface area is 142 Å². The third-order valence-electron chi connectivity index (χ3n) is 4.21. The number of fused-ring (bicyclic) bond motifs is 1. The summed E-state index contributed by atoms with van der Waals surface area (Å²) in [4.78, 5) is 16.5. The quantitative estimate of drug-likeness (QED) is 0.743. The van der Waals surface area contributed by atoms with Crippen molar-refractivity contribution in [2.45, 2.75) is 32.6 Å². The van der Waals surface area contributed by atoms with Gasteiger partial charge in [-0.15, -0.1) is 0 Å². The van der Waals surface area contributed by atoms with Gasteiger partial charge in [-0.25, -0.2) is 4.98 Å².